The van der Waals surface area contributed by atoms with Crippen LogP contribution in [0.2, 0.25) is 0 Å². The maximum Gasteiger partial charge on any atom is 0.253 e. The van der Waals surface area contributed by atoms with Crippen molar-refractivity contribution in [1.82, 2.24) is 9.80 Å². The van der Waals surface area contributed by atoms with Crippen molar-refractivity contribution in [2.75, 3.05) is 32.7 Å². The molecule has 1 fully saturated rings. The van der Waals surface area contributed by atoms with Gasteiger partial charge in [-0.2, -0.15) is 10.5 Å². The lowest BCUT2D eigenvalue weighted by atomic mass is 10.0. The number of carbonyl (C=O) groups is 1. The molecule has 2 rings (SSSR count). The largest absolute Gasteiger partial charge is 0.337 e. The van der Waals surface area contributed by atoms with E-state index in [1.54, 1.807) is 0 Å². The van der Waals surface area contributed by atoms with Gasteiger partial charge in [-0.3, -0.25) is 4.79 Å². The Labute approximate surface area is 144 Å². The molecule has 0 saturated carbocycles. The zero-order chi connectivity index (χ0) is 17.4. The van der Waals surface area contributed by atoms with Crippen LogP contribution in [0.1, 0.15) is 35.2 Å². The molecule has 5 heteroatoms. The Bertz CT molecular complexity index is 644. The summed E-state index contributed by atoms with van der Waals surface area (Å²) < 4.78 is 0. The molecular weight excluding hydrogens is 300 g/mol. The van der Waals surface area contributed by atoms with Gasteiger partial charge in [-0.1, -0.05) is 17.7 Å². The summed E-state index contributed by atoms with van der Waals surface area (Å²) in [5, 5.41) is 17.9. The van der Waals surface area contributed by atoms with Gasteiger partial charge in [-0.25, -0.2) is 0 Å². The molecule has 1 aliphatic heterocycles. The van der Waals surface area contributed by atoms with Gasteiger partial charge in [0.05, 0.1) is 18.1 Å². The smallest absolute Gasteiger partial charge is 0.253 e. The number of hydrogen-bond acceptors (Lipinski definition) is 4. The Kier molecular flexibility index (Phi) is 6.78. The molecule has 1 amide bonds. The normalized spacial score (nSPS) is 16.7. The molecule has 1 aromatic carbocycles. The third kappa shape index (κ3) is 5.08. The molecule has 24 heavy (non-hydrogen) atoms. The zero-order valence-corrected chi connectivity index (χ0v) is 14.2. The Hall–Kier alpha value is -2.37. The highest BCUT2D eigenvalue weighted by molar-refractivity contribution is 5.94. The van der Waals surface area contributed by atoms with Crippen molar-refractivity contribution in [2.45, 2.75) is 26.2 Å². The SMILES string of the molecule is Cc1cccc(C(=O)N2CCCN(C[C@@H](C#N)CCC#N)CC2)c1. The maximum absolute atomic E-state index is 12.7. The van der Waals surface area contributed by atoms with Crippen molar-refractivity contribution in [1.29, 1.82) is 10.5 Å². The summed E-state index contributed by atoms with van der Waals surface area (Å²) in [7, 11) is 0. The highest BCUT2D eigenvalue weighted by atomic mass is 16.2. The number of amides is 1. The van der Waals surface area contributed by atoms with Gasteiger partial charge < -0.3 is 9.80 Å². The predicted molar refractivity (Wildman–Crippen MR) is 92.1 cm³/mol. The quantitative estimate of drug-likeness (QED) is 0.834. The van der Waals surface area contributed by atoms with Crippen molar-refractivity contribution in [3.8, 4) is 12.1 Å². The van der Waals surface area contributed by atoms with Crippen LogP contribution in [0, 0.1) is 35.5 Å². The molecule has 1 atom stereocenters. The van der Waals surface area contributed by atoms with Gasteiger partial charge in [0.1, 0.15) is 0 Å². The van der Waals surface area contributed by atoms with Crippen LogP contribution in [0.3, 0.4) is 0 Å². The van der Waals surface area contributed by atoms with E-state index in [0.29, 0.717) is 25.9 Å². The van der Waals surface area contributed by atoms with Gasteiger partial charge in [-0.05, 0) is 38.4 Å². The van der Waals surface area contributed by atoms with E-state index in [9.17, 15) is 10.1 Å². The second kappa shape index (κ2) is 9.05. The molecular formula is C19H24N4O. The van der Waals surface area contributed by atoms with Crippen molar-refractivity contribution in [3.63, 3.8) is 0 Å². The van der Waals surface area contributed by atoms with Gasteiger partial charge >= 0.3 is 0 Å². The summed E-state index contributed by atoms with van der Waals surface area (Å²) in [6, 6.07) is 12.1. The van der Waals surface area contributed by atoms with Gasteiger partial charge in [0.25, 0.3) is 5.91 Å². The van der Waals surface area contributed by atoms with Gasteiger partial charge in [0.2, 0.25) is 0 Å². The Morgan fingerprint density at radius 1 is 1.25 bits per heavy atom. The lowest BCUT2D eigenvalue weighted by Crippen LogP contribution is -2.36. The van der Waals surface area contributed by atoms with Crippen LogP contribution in [-0.2, 0) is 0 Å². The lowest BCUT2D eigenvalue weighted by molar-refractivity contribution is 0.0761. The number of nitriles is 2. The highest BCUT2D eigenvalue weighted by Crippen LogP contribution is 2.13. The van der Waals surface area contributed by atoms with Crippen molar-refractivity contribution in [2.24, 2.45) is 5.92 Å². The zero-order valence-electron chi connectivity index (χ0n) is 14.2. The number of nitrogens with zero attached hydrogens (tertiary/aromatic N) is 4. The Morgan fingerprint density at radius 2 is 2.08 bits per heavy atom. The predicted octanol–water partition coefficient (Wildman–Crippen LogP) is 2.59. The Morgan fingerprint density at radius 3 is 2.79 bits per heavy atom. The molecule has 5 nitrogen and oxygen atoms in total. The van der Waals surface area contributed by atoms with E-state index in [-0.39, 0.29) is 11.8 Å². The van der Waals surface area contributed by atoms with Crippen LogP contribution in [0.4, 0.5) is 0 Å². The molecule has 1 aliphatic rings. The Balaban J connectivity index is 1.91. The van der Waals surface area contributed by atoms with Crippen LogP contribution in [-0.4, -0.2) is 48.4 Å². The molecule has 0 bridgehead atoms. The van der Waals surface area contributed by atoms with Crippen LogP contribution >= 0.6 is 0 Å². The average Bonchev–Trinajstić information content (AvgIpc) is 2.83. The molecule has 0 N–H and O–H groups in total. The third-order valence-corrected chi connectivity index (χ3v) is 4.41. The van der Waals surface area contributed by atoms with Crippen LogP contribution in [0.25, 0.3) is 0 Å². The second-order valence-corrected chi connectivity index (χ2v) is 6.34. The summed E-state index contributed by atoms with van der Waals surface area (Å²) in [5.74, 6) is -0.0226. The molecule has 0 aromatic heterocycles. The van der Waals surface area contributed by atoms with E-state index in [1.807, 2.05) is 36.1 Å². The molecule has 0 unspecified atom stereocenters. The fraction of sp³-hybridized carbons (Fsp3) is 0.526. The first kappa shape index (κ1) is 18.0. The van der Waals surface area contributed by atoms with E-state index >= 15 is 0 Å². The summed E-state index contributed by atoms with van der Waals surface area (Å²) in [6.45, 7) is 5.78. The van der Waals surface area contributed by atoms with E-state index < -0.39 is 0 Å². The second-order valence-electron chi connectivity index (χ2n) is 6.34. The molecule has 0 spiro atoms. The fourth-order valence-corrected chi connectivity index (χ4v) is 3.06. The van der Waals surface area contributed by atoms with E-state index in [0.717, 1.165) is 37.2 Å². The summed E-state index contributed by atoms with van der Waals surface area (Å²) in [6.07, 6.45) is 1.95. The molecule has 126 valence electrons. The lowest BCUT2D eigenvalue weighted by Gasteiger charge is -2.23. The van der Waals surface area contributed by atoms with E-state index in [1.165, 1.54) is 0 Å². The summed E-state index contributed by atoms with van der Waals surface area (Å²) in [4.78, 5) is 16.8. The summed E-state index contributed by atoms with van der Waals surface area (Å²) in [5.41, 5.74) is 1.83. The monoisotopic (exact) mass is 324 g/mol. The highest BCUT2D eigenvalue weighted by Gasteiger charge is 2.22. The van der Waals surface area contributed by atoms with Crippen molar-refractivity contribution < 1.29 is 4.79 Å². The molecule has 1 aromatic rings. The van der Waals surface area contributed by atoms with Crippen molar-refractivity contribution in [3.05, 3.63) is 35.4 Å². The van der Waals surface area contributed by atoms with Crippen LogP contribution in [0.15, 0.2) is 24.3 Å². The molecule has 0 aliphatic carbocycles. The molecule has 0 radical (unpaired) electrons. The topological polar surface area (TPSA) is 71.1 Å². The van der Waals surface area contributed by atoms with Crippen LogP contribution in [0.5, 0.6) is 0 Å². The first-order valence-electron chi connectivity index (χ1n) is 8.49. The number of hydrogen-bond donors (Lipinski definition) is 0. The number of aryl methyl sites for hydroxylation is 1. The first-order chi connectivity index (χ1) is 11.6. The standard InChI is InChI=1S/C19H24N4O/c1-16-5-2-7-18(13-16)19(24)23-10-4-9-22(11-12-23)15-17(14-21)6-3-8-20/h2,5,7,13,17H,3-4,6,9-12,15H2,1H3/t17-/m1/s1. The minimum Gasteiger partial charge on any atom is -0.337 e. The summed E-state index contributed by atoms with van der Waals surface area (Å²) >= 11 is 0. The minimum absolute atomic E-state index is 0.0851. The van der Waals surface area contributed by atoms with Crippen LogP contribution < -0.4 is 0 Å². The number of carbonyl (C=O) groups excluding carboxylic acids is 1. The molecule has 1 saturated heterocycles. The number of rotatable bonds is 5. The third-order valence-electron chi connectivity index (χ3n) is 4.41. The maximum atomic E-state index is 12.7. The molecule has 1 heterocycles. The van der Waals surface area contributed by atoms with Crippen molar-refractivity contribution >= 4 is 5.91 Å². The van der Waals surface area contributed by atoms with Gasteiger partial charge in [0, 0.05) is 38.2 Å². The first-order valence-corrected chi connectivity index (χ1v) is 8.49. The van der Waals surface area contributed by atoms with Gasteiger partial charge in [0.15, 0.2) is 0 Å². The van der Waals surface area contributed by atoms with E-state index in [4.69, 9.17) is 5.26 Å². The minimum atomic E-state index is -0.108. The number of benzene rings is 1. The van der Waals surface area contributed by atoms with E-state index in [2.05, 4.69) is 17.0 Å². The van der Waals surface area contributed by atoms with Gasteiger partial charge in [-0.15, -0.1) is 0 Å². The fourth-order valence-electron chi connectivity index (χ4n) is 3.06. The average molecular weight is 324 g/mol.